The summed E-state index contributed by atoms with van der Waals surface area (Å²) in [7, 11) is 0. The van der Waals surface area contributed by atoms with E-state index in [4.69, 9.17) is 10.2 Å². The lowest BCUT2D eigenvalue weighted by atomic mass is 10.1. The van der Waals surface area contributed by atoms with E-state index in [0.717, 1.165) is 0 Å². The van der Waals surface area contributed by atoms with E-state index in [0.29, 0.717) is 11.1 Å². The molecule has 0 fully saturated rings. The summed E-state index contributed by atoms with van der Waals surface area (Å²) in [6.45, 7) is 0. The lowest BCUT2D eigenvalue weighted by Crippen LogP contribution is -1.99. The molecule has 2 N–H and O–H groups in total. The highest BCUT2D eigenvalue weighted by Crippen LogP contribution is 2.12. The molecule has 0 spiro atoms. The second-order valence-corrected chi connectivity index (χ2v) is 3.57. The van der Waals surface area contributed by atoms with Crippen LogP contribution in [0.25, 0.3) is 0 Å². The van der Waals surface area contributed by atoms with Crippen molar-refractivity contribution in [1.82, 2.24) is 0 Å². The number of rotatable bonds is 4. The fraction of sp³-hybridized carbons (Fsp3) is 0.231. The minimum absolute atomic E-state index is 0.115. The Morgan fingerprint density at radius 2 is 1.94 bits per heavy atom. The van der Waals surface area contributed by atoms with Crippen molar-refractivity contribution >= 4 is 11.9 Å². The third-order valence-corrected chi connectivity index (χ3v) is 2.13. The van der Waals surface area contributed by atoms with Crippen LogP contribution in [0.1, 0.15) is 24.0 Å². The van der Waals surface area contributed by atoms with Crippen LogP contribution in [0, 0.1) is 17.7 Å². The molecule has 0 radical (unpaired) electrons. The molecule has 1 aromatic carbocycles. The van der Waals surface area contributed by atoms with Crippen molar-refractivity contribution in [3.05, 3.63) is 35.1 Å². The van der Waals surface area contributed by atoms with E-state index in [-0.39, 0.29) is 19.3 Å². The second kappa shape index (κ2) is 6.40. The average molecular weight is 250 g/mol. The number of hydrogen-bond donors (Lipinski definition) is 2. The van der Waals surface area contributed by atoms with Crippen molar-refractivity contribution in [3.8, 4) is 11.8 Å². The van der Waals surface area contributed by atoms with Gasteiger partial charge >= 0.3 is 11.9 Å². The van der Waals surface area contributed by atoms with Gasteiger partial charge in [-0.3, -0.25) is 9.59 Å². The van der Waals surface area contributed by atoms with Gasteiger partial charge in [-0.2, -0.15) is 0 Å². The highest BCUT2D eigenvalue weighted by Gasteiger charge is 2.05. The molecule has 0 aliphatic heterocycles. The summed E-state index contributed by atoms with van der Waals surface area (Å²) in [6, 6.07) is 4.17. The number of carboxylic acid groups (broad SMARTS) is 2. The Bertz CT molecular complexity index is 526. The van der Waals surface area contributed by atoms with Crippen LogP contribution in [0.5, 0.6) is 0 Å². The highest BCUT2D eigenvalue weighted by molar-refractivity contribution is 5.70. The standard InChI is InChI=1S/C13H11FO4/c14-11-8-9(2-1-3-12(15)16)4-5-10(11)6-7-13(17)18/h4-5,8H,3,6-7H2,(H,15,16)(H,17,18). The Hall–Kier alpha value is -2.35. The Morgan fingerprint density at radius 3 is 2.50 bits per heavy atom. The molecule has 1 rings (SSSR count). The molecule has 5 heteroatoms. The van der Waals surface area contributed by atoms with Crippen LogP contribution in [-0.2, 0) is 16.0 Å². The number of aryl methyl sites for hydroxylation is 1. The van der Waals surface area contributed by atoms with Crippen LogP contribution < -0.4 is 0 Å². The van der Waals surface area contributed by atoms with Gasteiger partial charge in [-0.1, -0.05) is 17.9 Å². The van der Waals surface area contributed by atoms with Crippen LogP contribution in [0.15, 0.2) is 18.2 Å². The highest BCUT2D eigenvalue weighted by atomic mass is 19.1. The van der Waals surface area contributed by atoms with Gasteiger partial charge in [0.25, 0.3) is 0 Å². The molecule has 0 aliphatic carbocycles. The van der Waals surface area contributed by atoms with Crippen molar-refractivity contribution < 1.29 is 24.2 Å². The van der Waals surface area contributed by atoms with Crippen LogP contribution in [-0.4, -0.2) is 22.2 Å². The quantitative estimate of drug-likeness (QED) is 0.797. The summed E-state index contributed by atoms with van der Waals surface area (Å²) in [5.74, 6) is 2.35. The zero-order valence-corrected chi connectivity index (χ0v) is 9.44. The topological polar surface area (TPSA) is 74.6 Å². The molecule has 0 saturated carbocycles. The SMILES string of the molecule is O=C(O)CC#Cc1ccc(CCC(=O)O)c(F)c1. The zero-order valence-electron chi connectivity index (χ0n) is 9.44. The van der Waals surface area contributed by atoms with Gasteiger partial charge in [0.1, 0.15) is 12.2 Å². The van der Waals surface area contributed by atoms with Gasteiger partial charge in [0.2, 0.25) is 0 Å². The molecular formula is C13H11FO4. The van der Waals surface area contributed by atoms with Crippen molar-refractivity contribution in [1.29, 1.82) is 0 Å². The van der Waals surface area contributed by atoms with Crippen LogP contribution in [0.4, 0.5) is 4.39 Å². The van der Waals surface area contributed by atoms with E-state index in [2.05, 4.69) is 11.8 Å². The number of hydrogen-bond acceptors (Lipinski definition) is 2. The summed E-state index contributed by atoms with van der Waals surface area (Å²) >= 11 is 0. The molecule has 0 amide bonds. The predicted molar refractivity (Wildman–Crippen MR) is 61.5 cm³/mol. The molecule has 0 unspecified atom stereocenters. The largest absolute Gasteiger partial charge is 0.481 e. The van der Waals surface area contributed by atoms with Gasteiger partial charge in [-0.15, -0.1) is 0 Å². The summed E-state index contributed by atoms with van der Waals surface area (Å²) in [4.78, 5) is 20.6. The fourth-order valence-corrected chi connectivity index (χ4v) is 1.29. The molecule has 4 nitrogen and oxygen atoms in total. The van der Waals surface area contributed by atoms with Crippen LogP contribution >= 0.6 is 0 Å². The van der Waals surface area contributed by atoms with E-state index >= 15 is 0 Å². The number of halogens is 1. The first-order valence-electron chi connectivity index (χ1n) is 5.20. The molecular weight excluding hydrogens is 239 g/mol. The summed E-state index contributed by atoms with van der Waals surface area (Å²) in [5.41, 5.74) is 0.675. The summed E-state index contributed by atoms with van der Waals surface area (Å²) < 4.78 is 13.5. The first kappa shape index (κ1) is 13.7. The first-order chi connectivity index (χ1) is 8.49. The Balaban J connectivity index is 2.74. The maximum atomic E-state index is 13.5. The van der Waals surface area contributed by atoms with Crippen LogP contribution in [0.2, 0.25) is 0 Å². The maximum Gasteiger partial charge on any atom is 0.315 e. The molecule has 1 aromatic rings. The van der Waals surface area contributed by atoms with E-state index in [1.54, 1.807) is 0 Å². The van der Waals surface area contributed by atoms with E-state index in [9.17, 15) is 14.0 Å². The molecule has 0 atom stereocenters. The van der Waals surface area contributed by atoms with Crippen LogP contribution in [0.3, 0.4) is 0 Å². The molecule has 0 heterocycles. The minimum atomic E-state index is -1.04. The lowest BCUT2D eigenvalue weighted by Gasteiger charge is -2.01. The predicted octanol–water partition coefficient (Wildman–Crippen LogP) is 1.67. The monoisotopic (exact) mass is 250 g/mol. The van der Waals surface area contributed by atoms with Gasteiger partial charge in [-0.25, -0.2) is 4.39 Å². The first-order valence-corrected chi connectivity index (χ1v) is 5.20. The Kier molecular flexibility index (Phi) is 4.88. The number of carbonyl (C=O) groups is 2. The Morgan fingerprint density at radius 1 is 1.22 bits per heavy atom. The van der Waals surface area contributed by atoms with Crippen molar-refractivity contribution in [3.63, 3.8) is 0 Å². The lowest BCUT2D eigenvalue weighted by molar-refractivity contribution is -0.137. The maximum absolute atomic E-state index is 13.5. The molecule has 94 valence electrons. The minimum Gasteiger partial charge on any atom is -0.481 e. The van der Waals surface area contributed by atoms with E-state index in [1.807, 2.05) is 0 Å². The molecule has 0 aromatic heterocycles. The van der Waals surface area contributed by atoms with Gasteiger partial charge in [0.05, 0.1) is 0 Å². The normalized spacial score (nSPS) is 9.39. The molecule has 0 saturated heterocycles. The molecule has 0 aliphatic rings. The van der Waals surface area contributed by atoms with E-state index < -0.39 is 17.8 Å². The third-order valence-electron chi connectivity index (χ3n) is 2.13. The number of carboxylic acids is 2. The third kappa shape index (κ3) is 4.66. The Labute approximate surface area is 103 Å². The summed E-state index contributed by atoms with van der Waals surface area (Å²) in [6.07, 6.45) is -0.326. The van der Waals surface area contributed by atoms with Gasteiger partial charge in [0.15, 0.2) is 0 Å². The van der Waals surface area contributed by atoms with Crippen molar-refractivity contribution in [2.24, 2.45) is 0 Å². The second-order valence-electron chi connectivity index (χ2n) is 3.57. The molecule has 0 bridgehead atoms. The fourth-order valence-electron chi connectivity index (χ4n) is 1.29. The van der Waals surface area contributed by atoms with Gasteiger partial charge < -0.3 is 10.2 Å². The van der Waals surface area contributed by atoms with Gasteiger partial charge in [-0.05, 0) is 24.1 Å². The summed E-state index contributed by atoms with van der Waals surface area (Å²) in [5, 5.41) is 16.9. The van der Waals surface area contributed by atoms with Crippen molar-refractivity contribution in [2.45, 2.75) is 19.3 Å². The van der Waals surface area contributed by atoms with Crippen molar-refractivity contribution in [2.75, 3.05) is 0 Å². The molecule has 18 heavy (non-hydrogen) atoms. The number of benzene rings is 1. The van der Waals surface area contributed by atoms with E-state index in [1.165, 1.54) is 18.2 Å². The van der Waals surface area contributed by atoms with Gasteiger partial charge in [0, 0.05) is 12.0 Å². The smallest absolute Gasteiger partial charge is 0.315 e. The zero-order chi connectivity index (χ0) is 13.5. The number of aliphatic carboxylic acids is 2. The average Bonchev–Trinajstić information content (AvgIpc) is 2.27.